The fourth-order valence-corrected chi connectivity index (χ4v) is 4.17. The van der Waals surface area contributed by atoms with E-state index in [1.54, 1.807) is 35.2 Å². The molecule has 112 valence electrons. The van der Waals surface area contributed by atoms with Crippen LogP contribution in [0.4, 0.5) is 0 Å². The average Bonchev–Trinajstić information content (AvgIpc) is 2.76. The molecule has 0 bridgehead atoms. The minimum atomic E-state index is 0.104. The smallest absolute Gasteiger partial charge is 0.268 e. The summed E-state index contributed by atoms with van der Waals surface area (Å²) in [5.41, 5.74) is 1.08. The topological polar surface area (TPSA) is 44.1 Å². The number of thioether (sulfide) groups is 2. The first kappa shape index (κ1) is 15.9. The predicted molar refractivity (Wildman–Crippen MR) is 85.0 cm³/mol. The molecule has 1 aliphatic rings. The third-order valence-corrected chi connectivity index (χ3v) is 5.65. The van der Waals surface area contributed by atoms with Crippen LogP contribution in [0, 0.1) is 5.92 Å². The Kier molecular flexibility index (Phi) is 5.57. The Labute approximate surface area is 128 Å². The summed E-state index contributed by atoms with van der Waals surface area (Å²) >= 11 is 3.33. The summed E-state index contributed by atoms with van der Waals surface area (Å²) in [7, 11) is 1.66. The van der Waals surface area contributed by atoms with Crippen LogP contribution < -0.4 is 5.56 Å². The second kappa shape index (κ2) is 7.00. The third kappa shape index (κ3) is 3.59. The lowest BCUT2D eigenvalue weighted by Gasteiger charge is -2.13. The van der Waals surface area contributed by atoms with Crippen molar-refractivity contribution in [1.29, 1.82) is 0 Å². The first-order chi connectivity index (χ1) is 9.52. The molecule has 0 aliphatic carbocycles. The quantitative estimate of drug-likeness (QED) is 0.596. The molecule has 0 N–H and O–H groups in total. The molecule has 0 aromatic carbocycles. The molecule has 1 aliphatic heterocycles. The van der Waals surface area contributed by atoms with Crippen molar-refractivity contribution in [3.8, 4) is 0 Å². The van der Waals surface area contributed by atoms with E-state index in [4.69, 9.17) is 9.72 Å². The van der Waals surface area contributed by atoms with Crippen molar-refractivity contribution in [2.24, 2.45) is 5.92 Å². The zero-order valence-electron chi connectivity index (χ0n) is 12.5. The number of nitrogens with zero attached hydrogens (tertiary/aromatic N) is 2. The van der Waals surface area contributed by atoms with E-state index in [2.05, 4.69) is 20.8 Å². The van der Waals surface area contributed by atoms with Gasteiger partial charge in [-0.05, 0) is 5.92 Å². The maximum atomic E-state index is 12.6. The van der Waals surface area contributed by atoms with Crippen LogP contribution in [0.1, 0.15) is 26.5 Å². The maximum Gasteiger partial charge on any atom is 0.268 e. The molecule has 0 fully saturated rings. The second-order valence-corrected chi connectivity index (χ2v) is 7.89. The largest absolute Gasteiger partial charge is 0.383 e. The SMILES string of the molecule is COCCn1c(SCC(C)C)nc2c(c1=O)SC(C)C2. The fourth-order valence-electron chi connectivity index (χ4n) is 2.06. The Bertz CT molecular complexity index is 529. The zero-order chi connectivity index (χ0) is 14.7. The Morgan fingerprint density at radius 3 is 2.95 bits per heavy atom. The molecule has 20 heavy (non-hydrogen) atoms. The molecule has 1 atom stereocenters. The van der Waals surface area contributed by atoms with Crippen LogP contribution in [0.5, 0.6) is 0 Å². The van der Waals surface area contributed by atoms with Crippen molar-refractivity contribution >= 4 is 23.5 Å². The number of fused-ring (bicyclic) bond motifs is 1. The number of aromatic nitrogens is 2. The third-order valence-electron chi connectivity index (χ3n) is 3.03. The fraction of sp³-hybridized carbons (Fsp3) is 0.714. The number of hydrogen-bond acceptors (Lipinski definition) is 5. The lowest BCUT2D eigenvalue weighted by Crippen LogP contribution is -2.27. The van der Waals surface area contributed by atoms with Crippen LogP contribution in [-0.4, -0.2) is 34.3 Å². The molecular weight excluding hydrogens is 292 g/mol. The van der Waals surface area contributed by atoms with Crippen molar-refractivity contribution in [3.63, 3.8) is 0 Å². The van der Waals surface area contributed by atoms with Crippen LogP contribution in [0.3, 0.4) is 0 Å². The van der Waals surface area contributed by atoms with Crippen molar-refractivity contribution in [3.05, 3.63) is 16.0 Å². The minimum Gasteiger partial charge on any atom is -0.383 e. The van der Waals surface area contributed by atoms with Crippen LogP contribution in [0.15, 0.2) is 14.8 Å². The van der Waals surface area contributed by atoms with E-state index in [9.17, 15) is 4.79 Å². The molecular formula is C14H22N2O2S2. The monoisotopic (exact) mass is 314 g/mol. The van der Waals surface area contributed by atoms with Crippen molar-refractivity contribution in [1.82, 2.24) is 9.55 Å². The lowest BCUT2D eigenvalue weighted by atomic mass is 10.2. The minimum absolute atomic E-state index is 0.104. The maximum absolute atomic E-state index is 12.6. The first-order valence-electron chi connectivity index (χ1n) is 6.95. The van der Waals surface area contributed by atoms with E-state index < -0.39 is 0 Å². The van der Waals surface area contributed by atoms with Gasteiger partial charge in [0, 0.05) is 24.5 Å². The molecule has 2 rings (SSSR count). The molecule has 0 spiro atoms. The molecule has 0 saturated heterocycles. The second-order valence-electron chi connectivity index (χ2n) is 5.46. The first-order valence-corrected chi connectivity index (χ1v) is 8.81. The van der Waals surface area contributed by atoms with E-state index in [0.29, 0.717) is 24.3 Å². The van der Waals surface area contributed by atoms with Gasteiger partial charge < -0.3 is 4.74 Å². The standard InChI is InChI=1S/C14H22N2O2S2/c1-9(2)8-19-14-15-11-7-10(3)20-12(11)13(17)16(14)5-6-18-4/h9-10H,5-8H2,1-4H3. The van der Waals surface area contributed by atoms with Crippen molar-refractivity contribution in [2.75, 3.05) is 19.5 Å². The van der Waals surface area contributed by atoms with Gasteiger partial charge in [-0.25, -0.2) is 4.98 Å². The summed E-state index contributed by atoms with van der Waals surface area (Å²) in [5.74, 6) is 1.55. The van der Waals surface area contributed by atoms with Gasteiger partial charge in [0.25, 0.3) is 5.56 Å². The molecule has 0 saturated carbocycles. The molecule has 1 unspecified atom stereocenters. The Morgan fingerprint density at radius 2 is 2.30 bits per heavy atom. The van der Waals surface area contributed by atoms with E-state index in [0.717, 1.165) is 27.9 Å². The summed E-state index contributed by atoms with van der Waals surface area (Å²) in [5, 5.41) is 1.29. The van der Waals surface area contributed by atoms with E-state index in [1.165, 1.54) is 0 Å². The Morgan fingerprint density at radius 1 is 1.55 bits per heavy atom. The molecule has 1 aromatic heterocycles. The molecule has 2 heterocycles. The van der Waals surface area contributed by atoms with Crippen molar-refractivity contribution < 1.29 is 4.74 Å². The van der Waals surface area contributed by atoms with Gasteiger partial charge in [-0.3, -0.25) is 9.36 Å². The van der Waals surface area contributed by atoms with Gasteiger partial charge in [0.15, 0.2) is 5.16 Å². The van der Waals surface area contributed by atoms with E-state index in [1.807, 2.05) is 0 Å². The predicted octanol–water partition coefficient (Wildman–Crippen LogP) is 2.67. The number of rotatable bonds is 6. The number of hydrogen-bond donors (Lipinski definition) is 0. The molecule has 0 radical (unpaired) electrons. The average molecular weight is 314 g/mol. The van der Waals surface area contributed by atoms with Crippen LogP contribution >= 0.6 is 23.5 Å². The van der Waals surface area contributed by atoms with E-state index in [-0.39, 0.29) is 5.56 Å². The van der Waals surface area contributed by atoms with Gasteiger partial charge in [-0.1, -0.05) is 32.5 Å². The van der Waals surface area contributed by atoms with Gasteiger partial charge in [0.05, 0.1) is 23.7 Å². The van der Waals surface area contributed by atoms with Crippen LogP contribution in [0.2, 0.25) is 0 Å². The Hall–Kier alpha value is -0.460. The molecule has 1 aromatic rings. The van der Waals surface area contributed by atoms with Gasteiger partial charge in [-0.15, -0.1) is 11.8 Å². The van der Waals surface area contributed by atoms with Gasteiger partial charge in [0.1, 0.15) is 0 Å². The highest BCUT2D eigenvalue weighted by Crippen LogP contribution is 2.34. The van der Waals surface area contributed by atoms with Gasteiger partial charge in [-0.2, -0.15) is 0 Å². The van der Waals surface area contributed by atoms with Crippen LogP contribution in [-0.2, 0) is 17.7 Å². The highest BCUT2D eigenvalue weighted by atomic mass is 32.2. The van der Waals surface area contributed by atoms with E-state index >= 15 is 0 Å². The highest BCUT2D eigenvalue weighted by Gasteiger charge is 2.26. The molecule has 4 nitrogen and oxygen atoms in total. The molecule has 6 heteroatoms. The highest BCUT2D eigenvalue weighted by molar-refractivity contribution is 8.00. The molecule has 0 amide bonds. The van der Waals surface area contributed by atoms with Crippen molar-refractivity contribution in [2.45, 2.75) is 49.0 Å². The van der Waals surface area contributed by atoms with Crippen LogP contribution in [0.25, 0.3) is 0 Å². The summed E-state index contributed by atoms with van der Waals surface area (Å²) in [6.45, 7) is 7.61. The zero-order valence-corrected chi connectivity index (χ0v) is 14.1. The lowest BCUT2D eigenvalue weighted by molar-refractivity contribution is 0.182. The van der Waals surface area contributed by atoms with Gasteiger partial charge >= 0.3 is 0 Å². The Balaban J connectivity index is 2.35. The summed E-state index contributed by atoms with van der Waals surface area (Å²) < 4.78 is 6.90. The van der Waals surface area contributed by atoms with Gasteiger partial charge in [0.2, 0.25) is 0 Å². The number of ether oxygens (including phenoxy) is 1. The normalized spacial score (nSPS) is 17.8. The summed E-state index contributed by atoms with van der Waals surface area (Å²) in [4.78, 5) is 18.2. The number of methoxy groups -OCH3 is 1. The summed E-state index contributed by atoms with van der Waals surface area (Å²) in [6, 6.07) is 0. The summed E-state index contributed by atoms with van der Waals surface area (Å²) in [6.07, 6.45) is 0.898.